The number of hydrogen-bond acceptors (Lipinski definition) is 4. The molecule has 2 heterocycles. The molecule has 100 valence electrons. The highest BCUT2D eigenvalue weighted by Crippen LogP contribution is 2.21. The number of sulfonamides is 1. The first-order valence-corrected chi connectivity index (χ1v) is 8.03. The SMILES string of the molecule is CC(=O)N1CCC(NS(=O)(=O)c2ccc(C)s2)C1. The van der Waals surface area contributed by atoms with Crippen LogP contribution in [0.15, 0.2) is 16.3 Å². The van der Waals surface area contributed by atoms with Crippen LogP contribution in [-0.2, 0) is 14.8 Å². The van der Waals surface area contributed by atoms with Gasteiger partial charge in [0.25, 0.3) is 0 Å². The van der Waals surface area contributed by atoms with Crippen LogP contribution in [0.1, 0.15) is 18.2 Å². The minimum atomic E-state index is -3.44. The van der Waals surface area contributed by atoms with Gasteiger partial charge in [0.15, 0.2) is 0 Å². The summed E-state index contributed by atoms with van der Waals surface area (Å²) in [5, 5.41) is 0. The number of rotatable bonds is 3. The Hall–Kier alpha value is -0.920. The second-order valence-corrected chi connectivity index (χ2v) is 7.67. The molecule has 0 radical (unpaired) electrons. The van der Waals surface area contributed by atoms with Crippen LogP contribution in [0.5, 0.6) is 0 Å². The summed E-state index contributed by atoms with van der Waals surface area (Å²) in [4.78, 5) is 13.8. The zero-order chi connectivity index (χ0) is 13.3. The Morgan fingerprint density at radius 2 is 2.22 bits per heavy atom. The van der Waals surface area contributed by atoms with Gasteiger partial charge in [-0.15, -0.1) is 11.3 Å². The number of amides is 1. The van der Waals surface area contributed by atoms with Crippen LogP contribution in [0.25, 0.3) is 0 Å². The van der Waals surface area contributed by atoms with Gasteiger partial charge in [0, 0.05) is 30.9 Å². The van der Waals surface area contributed by atoms with Crippen molar-refractivity contribution >= 4 is 27.3 Å². The molecular weight excluding hydrogens is 272 g/mol. The van der Waals surface area contributed by atoms with E-state index < -0.39 is 10.0 Å². The maximum Gasteiger partial charge on any atom is 0.250 e. The third kappa shape index (κ3) is 2.90. The fraction of sp³-hybridized carbons (Fsp3) is 0.545. The van der Waals surface area contributed by atoms with Crippen molar-refractivity contribution < 1.29 is 13.2 Å². The quantitative estimate of drug-likeness (QED) is 0.900. The molecule has 0 aliphatic carbocycles. The molecule has 7 heteroatoms. The molecule has 18 heavy (non-hydrogen) atoms. The first-order chi connectivity index (χ1) is 8.38. The molecular formula is C11H16N2O3S2. The van der Waals surface area contributed by atoms with Crippen LogP contribution in [0.4, 0.5) is 0 Å². The van der Waals surface area contributed by atoms with Crippen molar-refractivity contribution in [2.24, 2.45) is 0 Å². The number of nitrogens with zero attached hydrogens (tertiary/aromatic N) is 1. The Balaban J connectivity index is 2.04. The van der Waals surface area contributed by atoms with Crippen LogP contribution in [0.3, 0.4) is 0 Å². The highest BCUT2D eigenvalue weighted by Gasteiger charge is 2.28. The van der Waals surface area contributed by atoms with Gasteiger partial charge < -0.3 is 4.90 Å². The van der Waals surface area contributed by atoms with Crippen molar-refractivity contribution in [3.8, 4) is 0 Å². The number of nitrogens with one attached hydrogen (secondary N) is 1. The number of carbonyl (C=O) groups is 1. The average Bonchev–Trinajstić information content (AvgIpc) is 2.86. The molecule has 1 unspecified atom stereocenters. The molecule has 1 aromatic heterocycles. The molecule has 1 aliphatic heterocycles. The van der Waals surface area contributed by atoms with Crippen LogP contribution < -0.4 is 4.72 Å². The second kappa shape index (κ2) is 4.99. The number of aryl methyl sites for hydroxylation is 1. The van der Waals surface area contributed by atoms with E-state index in [0.717, 1.165) is 4.88 Å². The topological polar surface area (TPSA) is 66.5 Å². The lowest BCUT2D eigenvalue weighted by Crippen LogP contribution is -2.37. The van der Waals surface area contributed by atoms with Crippen LogP contribution in [0.2, 0.25) is 0 Å². The molecule has 0 spiro atoms. The maximum atomic E-state index is 12.1. The van der Waals surface area contributed by atoms with Gasteiger partial charge in [-0.25, -0.2) is 13.1 Å². The standard InChI is InChI=1S/C11H16N2O3S2/c1-8-3-4-11(17-8)18(15,16)12-10-5-6-13(7-10)9(2)14/h3-4,10,12H,5-7H2,1-2H3. The first-order valence-electron chi connectivity index (χ1n) is 5.73. The highest BCUT2D eigenvalue weighted by atomic mass is 32.2. The normalized spacial score (nSPS) is 20.3. The molecule has 1 fully saturated rings. The zero-order valence-electron chi connectivity index (χ0n) is 10.3. The summed E-state index contributed by atoms with van der Waals surface area (Å²) in [6, 6.07) is 3.22. The van der Waals surface area contributed by atoms with E-state index in [1.54, 1.807) is 17.0 Å². The lowest BCUT2D eigenvalue weighted by Gasteiger charge is -2.14. The Morgan fingerprint density at radius 1 is 1.50 bits per heavy atom. The second-order valence-electron chi connectivity index (χ2n) is 4.44. The lowest BCUT2D eigenvalue weighted by molar-refractivity contribution is -0.127. The van der Waals surface area contributed by atoms with E-state index in [4.69, 9.17) is 0 Å². The summed E-state index contributed by atoms with van der Waals surface area (Å²) < 4.78 is 27.1. The summed E-state index contributed by atoms with van der Waals surface area (Å²) in [6.45, 7) is 4.45. The summed E-state index contributed by atoms with van der Waals surface area (Å²) >= 11 is 1.25. The molecule has 1 N–H and O–H groups in total. The molecule has 0 saturated carbocycles. The van der Waals surface area contributed by atoms with Crippen molar-refractivity contribution in [1.29, 1.82) is 0 Å². The third-order valence-electron chi connectivity index (χ3n) is 2.94. The largest absolute Gasteiger partial charge is 0.341 e. The molecule has 2 rings (SSSR count). The molecule has 1 amide bonds. The van der Waals surface area contributed by atoms with E-state index in [9.17, 15) is 13.2 Å². The fourth-order valence-electron chi connectivity index (χ4n) is 1.98. The summed E-state index contributed by atoms with van der Waals surface area (Å²) in [7, 11) is -3.44. The fourth-order valence-corrected chi connectivity index (χ4v) is 4.54. The van der Waals surface area contributed by atoms with Crippen molar-refractivity contribution in [3.05, 3.63) is 17.0 Å². The smallest absolute Gasteiger partial charge is 0.250 e. The van der Waals surface area contributed by atoms with Gasteiger partial charge in [-0.05, 0) is 25.5 Å². The summed E-state index contributed by atoms with van der Waals surface area (Å²) in [5.74, 6) is -0.0105. The molecule has 1 aromatic rings. The van der Waals surface area contributed by atoms with Gasteiger partial charge in [0.2, 0.25) is 15.9 Å². The monoisotopic (exact) mass is 288 g/mol. The predicted molar refractivity (Wildman–Crippen MR) is 70.0 cm³/mol. The Morgan fingerprint density at radius 3 is 2.72 bits per heavy atom. The molecule has 0 aromatic carbocycles. The molecule has 1 saturated heterocycles. The third-order valence-corrected chi connectivity index (χ3v) is 5.95. The number of hydrogen-bond donors (Lipinski definition) is 1. The first kappa shape index (κ1) is 13.5. The summed E-state index contributed by atoms with van der Waals surface area (Å²) in [5.41, 5.74) is 0. The zero-order valence-corrected chi connectivity index (χ0v) is 12.0. The van der Waals surface area contributed by atoms with Gasteiger partial charge in [-0.3, -0.25) is 4.79 Å². The summed E-state index contributed by atoms with van der Waals surface area (Å²) in [6.07, 6.45) is 0.670. The molecule has 1 aliphatic rings. The molecule has 5 nitrogen and oxygen atoms in total. The van der Waals surface area contributed by atoms with Crippen LogP contribution >= 0.6 is 11.3 Å². The highest BCUT2D eigenvalue weighted by molar-refractivity contribution is 7.91. The van der Waals surface area contributed by atoms with Crippen molar-refractivity contribution in [2.75, 3.05) is 13.1 Å². The van der Waals surface area contributed by atoms with E-state index in [-0.39, 0.29) is 11.9 Å². The number of likely N-dealkylation sites (tertiary alicyclic amines) is 1. The Kier molecular flexibility index (Phi) is 3.74. The van der Waals surface area contributed by atoms with Crippen molar-refractivity contribution in [2.45, 2.75) is 30.5 Å². The van der Waals surface area contributed by atoms with Gasteiger partial charge in [-0.2, -0.15) is 0 Å². The minimum Gasteiger partial charge on any atom is -0.341 e. The lowest BCUT2D eigenvalue weighted by atomic mass is 10.3. The Bertz CT molecular complexity index is 550. The van der Waals surface area contributed by atoms with Gasteiger partial charge in [-0.1, -0.05) is 0 Å². The minimum absolute atomic E-state index is 0.0105. The molecule has 1 atom stereocenters. The van der Waals surface area contributed by atoms with E-state index in [2.05, 4.69) is 4.72 Å². The number of carbonyl (C=O) groups excluding carboxylic acids is 1. The van der Waals surface area contributed by atoms with Gasteiger partial charge in [0.1, 0.15) is 4.21 Å². The predicted octanol–water partition coefficient (Wildman–Crippen LogP) is 0.956. The maximum absolute atomic E-state index is 12.1. The van der Waals surface area contributed by atoms with Gasteiger partial charge in [0.05, 0.1) is 0 Å². The average molecular weight is 288 g/mol. The number of thiophene rings is 1. The van der Waals surface area contributed by atoms with E-state index >= 15 is 0 Å². The van der Waals surface area contributed by atoms with Gasteiger partial charge >= 0.3 is 0 Å². The van der Waals surface area contributed by atoms with Crippen LogP contribution in [-0.4, -0.2) is 38.4 Å². The van der Waals surface area contributed by atoms with Crippen molar-refractivity contribution in [3.63, 3.8) is 0 Å². The van der Waals surface area contributed by atoms with Crippen LogP contribution in [0, 0.1) is 6.92 Å². The Labute approximate surface area is 111 Å². The van der Waals surface area contributed by atoms with Crippen molar-refractivity contribution in [1.82, 2.24) is 9.62 Å². The molecule has 0 bridgehead atoms. The van der Waals surface area contributed by atoms with E-state index in [0.29, 0.717) is 23.7 Å². The van der Waals surface area contributed by atoms with E-state index in [1.807, 2.05) is 6.92 Å². The van der Waals surface area contributed by atoms with E-state index in [1.165, 1.54) is 18.3 Å².